The van der Waals surface area contributed by atoms with Crippen molar-refractivity contribution in [1.82, 2.24) is 20.1 Å². The molecular formula is C20H18F3N9O3. The fourth-order valence-electron chi connectivity index (χ4n) is 3.41. The van der Waals surface area contributed by atoms with Gasteiger partial charge in [-0.25, -0.2) is 14.5 Å². The second-order valence-corrected chi connectivity index (χ2v) is 7.27. The summed E-state index contributed by atoms with van der Waals surface area (Å²) in [6.45, 7) is -0.126. The lowest BCUT2D eigenvalue weighted by molar-refractivity contribution is -0.137. The van der Waals surface area contributed by atoms with Gasteiger partial charge in [-0.3, -0.25) is 10.0 Å². The predicted octanol–water partition coefficient (Wildman–Crippen LogP) is 2.01. The van der Waals surface area contributed by atoms with E-state index in [1.165, 1.54) is 29.4 Å². The molecule has 3 aromatic rings. The molecule has 1 aliphatic heterocycles. The van der Waals surface area contributed by atoms with Crippen LogP contribution >= 0.6 is 0 Å². The molecule has 0 aliphatic carbocycles. The van der Waals surface area contributed by atoms with Crippen LogP contribution in [0.5, 0.6) is 0 Å². The van der Waals surface area contributed by atoms with Crippen LogP contribution in [0.25, 0.3) is 5.69 Å². The van der Waals surface area contributed by atoms with Crippen molar-refractivity contribution in [2.45, 2.75) is 6.18 Å². The number of hydrogen-bond acceptors (Lipinski definition) is 8. The Hall–Kier alpha value is -4.79. The lowest BCUT2D eigenvalue weighted by Gasteiger charge is -2.19. The number of alkyl halides is 3. The summed E-state index contributed by atoms with van der Waals surface area (Å²) in [5.41, 5.74) is 10.5. The summed E-state index contributed by atoms with van der Waals surface area (Å²) in [4.78, 5) is 25.3. The van der Waals surface area contributed by atoms with Gasteiger partial charge in [-0.05, 0) is 42.5 Å². The van der Waals surface area contributed by atoms with E-state index >= 15 is 0 Å². The van der Waals surface area contributed by atoms with Crippen molar-refractivity contribution in [3.05, 3.63) is 71.9 Å². The Balaban J connectivity index is 1.47. The van der Waals surface area contributed by atoms with E-state index in [2.05, 4.69) is 20.9 Å². The van der Waals surface area contributed by atoms with Gasteiger partial charge in [0.15, 0.2) is 5.70 Å². The Kier molecular flexibility index (Phi) is 5.92. The lowest BCUT2D eigenvalue weighted by atomic mass is 10.1. The second kappa shape index (κ2) is 8.86. The van der Waals surface area contributed by atoms with Gasteiger partial charge in [0.1, 0.15) is 12.5 Å². The van der Waals surface area contributed by atoms with E-state index in [1.54, 1.807) is 12.1 Å². The van der Waals surface area contributed by atoms with Crippen molar-refractivity contribution in [3.8, 4) is 5.69 Å². The average Bonchev–Trinajstić information content (AvgIpc) is 3.41. The molecule has 3 amide bonds. The van der Waals surface area contributed by atoms with Gasteiger partial charge in [0.25, 0.3) is 5.91 Å². The van der Waals surface area contributed by atoms with Crippen molar-refractivity contribution in [2.75, 3.05) is 22.2 Å². The van der Waals surface area contributed by atoms with Gasteiger partial charge >= 0.3 is 12.2 Å². The third kappa shape index (κ3) is 4.79. The number of nitrogens with one attached hydrogen (secondary N) is 2. The standard InChI is InChI=1S/C20H18F3N9O3/c21-20(22,23)14-6-3-12(9-15(14)31-8-7-26-29-31)28-19(34)27-11-1-4-13(5-2-11)30-10-32(35)16(17(30)24)18(25)33/h1-9,35H,10,24H2,(H2,25,33)(H2,27,28,34). The van der Waals surface area contributed by atoms with Crippen molar-refractivity contribution < 1.29 is 28.0 Å². The van der Waals surface area contributed by atoms with Gasteiger partial charge in [0.05, 0.1) is 23.6 Å². The minimum absolute atomic E-state index is 0.0380. The van der Waals surface area contributed by atoms with Gasteiger partial charge in [-0.2, -0.15) is 13.2 Å². The Labute approximate surface area is 195 Å². The van der Waals surface area contributed by atoms with Crippen LogP contribution in [-0.2, 0) is 11.0 Å². The fraction of sp³-hybridized carbons (Fsp3) is 0.100. The number of hydrogen-bond donors (Lipinski definition) is 5. The number of hydroxylamine groups is 2. The SMILES string of the molecule is NC(=O)C1=C(N)N(c2ccc(NC(=O)Nc3ccc(C(F)(F)F)c(-n4ccnn4)c3)cc2)CN1O. The molecule has 0 fully saturated rings. The molecule has 1 aromatic heterocycles. The van der Waals surface area contributed by atoms with E-state index < -0.39 is 23.7 Å². The molecule has 0 radical (unpaired) electrons. The molecular weight excluding hydrogens is 471 g/mol. The first-order valence-electron chi connectivity index (χ1n) is 9.84. The number of aromatic nitrogens is 3. The molecule has 0 saturated carbocycles. The van der Waals surface area contributed by atoms with E-state index in [0.717, 1.165) is 22.9 Å². The molecule has 12 nitrogen and oxygen atoms in total. The Morgan fingerprint density at radius 3 is 2.29 bits per heavy atom. The van der Waals surface area contributed by atoms with Crippen LogP contribution in [0.1, 0.15) is 5.56 Å². The molecule has 1 aliphatic rings. The zero-order chi connectivity index (χ0) is 25.3. The normalized spacial score (nSPS) is 13.8. The van der Waals surface area contributed by atoms with Crippen LogP contribution in [0, 0.1) is 0 Å². The first-order chi connectivity index (χ1) is 16.5. The number of anilines is 3. The maximum atomic E-state index is 13.4. The summed E-state index contributed by atoms with van der Waals surface area (Å²) in [6.07, 6.45) is -2.15. The van der Waals surface area contributed by atoms with Crippen LogP contribution in [0.3, 0.4) is 0 Å². The number of urea groups is 1. The Bertz CT molecular complexity index is 1290. The predicted molar refractivity (Wildman–Crippen MR) is 117 cm³/mol. The van der Waals surface area contributed by atoms with Gasteiger partial charge in [0.2, 0.25) is 0 Å². The highest BCUT2D eigenvalue weighted by Crippen LogP contribution is 2.35. The molecule has 0 bridgehead atoms. The number of amides is 3. The van der Waals surface area contributed by atoms with Crippen LogP contribution < -0.4 is 27.0 Å². The third-order valence-corrected chi connectivity index (χ3v) is 4.97. The molecule has 0 saturated heterocycles. The average molecular weight is 489 g/mol. The third-order valence-electron chi connectivity index (χ3n) is 4.97. The monoisotopic (exact) mass is 489 g/mol. The Morgan fingerprint density at radius 2 is 1.71 bits per heavy atom. The lowest BCUT2D eigenvalue weighted by Crippen LogP contribution is -2.28. The van der Waals surface area contributed by atoms with E-state index in [4.69, 9.17) is 11.5 Å². The van der Waals surface area contributed by atoms with Crippen LogP contribution in [-0.4, -0.2) is 43.9 Å². The largest absolute Gasteiger partial charge is 0.418 e. The molecule has 0 spiro atoms. The molecule has 182 valence electrons. The van der Waals surface area contributed by atoms with Crippen molar-refractivity contribution in [1.29, 1.82) is 0 Å². The summed E-state index contributed by atoms with van der Waals surface area (Å²) < 4.78 is 41.0. The van der Waals surface area contributed by atoms with Crippen LogP contribution in [0.4, 0.5) is 35.0 Å². The topological polar surface area (TPSA) is 168 Å². The maximum Gasteiger partial charge on any atom is 0.418 e. The zero-order valence-corrected chi connectivity index (χ0v) is 17.7. The highest BCUT2D eigenvalue weighted by molar-refractivity contribution is 6.00. The second-order valence-electron chi connectivity index (χ2n) is 7.27. The minimum Gasteiger partial charge on any atom is -0.383 e. The molecule has 0 unspecified atom stereocenters. The number of benzene rings is 2. The quantitative estimate of drug-likeness (QED) is 0.363. The zero-order valence-electron chi connectivity index (χ0n) is 17.7. The van der Waals surface area contributed by atoms with Gasteiger partial charge in [-0.15, -0.1) is 5.10 Å². The molecule has 35 heavy (non-hydrogen) atoms. The molecule has 0 atom stereocenters. The number of nitrogens with zero attached hydrogens (tertiary/aromatic N) is 5. The van der Waals surface area contributed by atoms with Crippen LogP contribution in [0.2, 0.25) is 0 Å². The van der Waals surface area contributed by atoms with E-state index in [0.29, 0.717) is 16.4 Å². The van der Waals surface area contributed by atoms with Gasteiger partial charge in [-0.1, -0.05) is 5.21 Å². The van der Waals surface area contributed by atoms with Crippen molar-refractivity contribution in [2.24, 2.45) is 11.5 Å². The van der Waals surface area contributed by atoms with Crippen LogP contribution in [0.15, 0.2) is 66.4 Å². The molecule has 2 heterocycles. The van der Waals surface area contributed by atoms with Crippen molar-refractivity contribution >= 4 is 29.0 Å². The number of primary amides is 1. The summed E-state index contributed by atoms with van der Waals surface area (Å²) in [6, 6.07) is 8.56. The first kappa shape index (κ1) is 23.4. The first-order valence-corrected chi connectivity index (χ1v) is 9.84. The van der Waals surface area contributed by atoms with E-state index in [9.17, 15) is 28.0 Å². The summed E-state index contributed by atoms with van der Waals surface area (Å²) >= 11 is 0. The van der Waals surface area contributed by atoms with E-state index in [1.807, 2.05) is 0 Å². The number of halogens is 3. The highest BCUT2D eigenvalue weighted by Gasteiger charge is 2.34. The van der Waals surface area contributed by atoms with Crippen molar-refractivity contribution in [3.63, 3.8) is 0 Å². The molecule has 7 N–H and O–H groups in total. The van der Waals surface area contributed by atoms with E-state index in [-0.39, 0.29) is 29.6 Å². The number of rotatable bonds is 5. The summed E-state index contributed by atoms with van der Waals surface area (Å²) in [5.74, 6) is -0.929. The number of carbonyl (C=O) groups excluding carboxylic acids is 2. The summed E-state index contributed by atoms with van der Waals surface area (Å²) in [5, 5.41) is 22.6. The summed E-state index contributed by atoms with van der Waals surface area (Å²) in [7, 11) is 0. The number of carbonyl (C=O) groups is 2. The number of nitrogens with two attached hydrogens (primary N) is 2. The van der Waals surface area contributed by atoms with Gasteiger partial charge in [0, 0.05) is 17.1 Å². The Morgan fingerprint density at radius 1 is 1.06 bits per heavy atom. The van der Waals surface area contributed by atoms with Gasteiger partial charge < -0.3 is 27.0 Å². The smallest absolute Gasteiger partial charge is 0.383 e. The minimum atomic E-state index is -4.64. The molecule has 2 aromatic carbocycles. The maximum absolute atomic E-state index is 13.4. The fourth-order valence-corrected chi connectivity index (χ4v) is 3.41. The molecule has 15 heteroatoms. The molecule has 4 rings (SSSR count). The highest BCUT2D eigenvalue weighted by atomic mass is 19.4.